The third-order valence-electron chi connectivity index (χ3n) is 2.91. The summed E-state index contributed by atoms with van der Waals surface area (Å²) in [6.07, 6.45) is 3.00. The van der Waals surface area contributed by atoms with Crippen molar-refractivity contribution < 1.29 is 9.50 Å². The summed E-state index contributed by atoms with van der Waals surface area (Å²) in [4.78, 5) is 0. The second kappa shape index (κ2) is 5.78. The van der Waals surface area contributed by atoms with Crippen LogP contribution in [-0.2, 0) is 6.42 Å². The molecule has 0 aliphatic carbocycles. The van der Waals surface area contributed by atoms with Gasteiger partial charge in [-0.15, -0.1) is 0 Å². The molecule has 1 aromatic carbocycles. The zero-order chi connectivity index (χ0) is 12.2. The van der Waals surface area contributed by atoms with Gasteiger partial charge < -0.3 is 5.11 Å². The topological polar surface area (TPSA) is 20.2 Å². The molecule has 0 saturated carbocycles. The Labute approximate surface area is 105 Å². The fourth-order valence-corrected chi connectivity index (χ4v) is 2.37. The van der Waals surface area contributed by atoms with E-state index in [2.05, 4.69) is 22.9 Å². The average molecular weight is 289 g/mol. The molecule has 0 aliphatic rings. The monoisotopic (exact) mass is 288 g/mol. The Bertz CT molecular complexity index is 354. The first kappa shape index (κ1) is 13.7. The van der Waals surface area contributed by atoms with Gasteiger partial charge in [0.05, 0.1) is 5.60 Å². The lowest BCUT2D eigenvalue weighted by Gasteiger charge is -2.27. The molecule has 0 fully saturated rings. The molecule has 1 rings (SSSR count). The summed E-state index contributed by atoms with van der Waals surface area (Å²) in [5.41, 5.74) is 0.286. The first-order valence-corrected chi connectivity index (χ1v) is 6.46. The zero-order valence-corrected chi connectivity index (χ0v) is 11.3. The van der Waals surface area contributed by atoms with Gasteiger partial charge in [-0.2, -0.15) is 0 Å². The highest BCUT2D eigenvalue weighted by atomic mass is 79.9. The van der Waals surface area contributed by atoms with Crippen molar-refractivity contribution in [2.45, 2.75) is 45.1 Å². The van der Waals surface area contributed by atoms with Crippen LogP contribution in [0.3, 0.4) is 0 Å². The minimum absolute atomic E-state index is 0.258. The second-order valence-electron chi connectivity index (χ2n) is 4.24. The standard InChI is InChI=1S/C13H18BrFO/c1-3-7-13(16,4-2)9-10-5-6-11(15)8-12(10)14/h5-6,8,16H,3-4,7,9H2,1-2H3. The highest BCUT2D eigenvalue weighted by Crippen LogP contribution is 2.27. The first-order chi connectivity index (χ1) is 7.50. The molecular formula is C13H18BrFO. The summed E-state index contributed by atoms with van der Waals surface area (Å²) in [7, 11) is 0. The van der Waals surface area contributed by atoms with E-state index >= 15 is 0 Å². The highest BCUT2D eigenvalue weighted by Gasteiger charge is 2.24. The number of halogens is 2. The SMILES string of the molecule is CCCC(O)(CC)Cc1ccc(F)cc1Br. The van der Waals surface area contributed by atoms with Gasteiger partial charge in [0.15, 0.2) is 0 Å². The summed E-state index contributed by atoms with van der Waals surface area (Å²) < 4.78 is 13.6. The largest absolute Gasteiger partial charge is 0.390 e. The van der Waals surface area contributed by atoms with Gasteiger partial charge in [-0.05, 0) is 30.5 Å². The van der Waals surface area contributed by atoms with Gasteiger partial charge in [-0.3, -0.25) is 0 Å². The van der Waals surface area contributed by atoms with Crippen molar-refractivity contribution in [2.75, 3.05) is 0 Å². The smallest absolute Gasteiger partial charge is 0.124 e. The van der Waals surface area contributed by atoms with Crippen LogP contribution in [0.15, 0.2) is 22.7 Å². The molecule has 0 radical (unpaired) electrons. The maximum absolute atomic E-state index is 12.9. The summed E-state index contributed by atoms with van der Waals surface area (Å²) in [6, 6.07) is 4.61. The van der Waals surface area contributed by atoms with Gasteiger partial charge in [0.2, 0.25) is 0 Å². The summed E-state index contributed by atoms with van der Waals surface area (Å²) in [6.45, 7) is 4.04. The Morgan fingerprint density at radius 3 is 2.56 bits per heavy atom. The number of rotatable bonds is 5. The van der Waals surface area contributed by atoms with Crippen LogP contribution in [-0.4, -0.2) is 10.7 Å². The minimum atomic E-state index is -0.672. The first-order valence-electron chi connectivity index (χ1n) is 5.67. The normalized spacial score (nSPS) is 14.8. The molecule has 16 heavy (non-hydrogen) atoms. The van der Waals surface area contributed by atoms with Crippen molar-refractivity contribution in [1.82, 2.24) is 0 Å². The molecule has 3 heteroatoms. The van der Waals surface area contributed by atoms with E-state index in [0.717, 1.165) is 22.9 Å². The molecule has 0 aromatic heterocycles. The van der Waals surface area contributed by atoms with Crippen LogP contribution < -0.4 is 0 Å². The van der Waals surface area contributed by atoms with Crippen LogP contribution in [0.25, 0.3) is 0 Å². The van der Waals surface area contributed by atoms with Crippen LogP contribution in [0, 0.1) is 5.82 Å². The van der Waals surface area contributed by atoms with E-state index in [4.69, 9.17) is 0 Å². The molecule has 1 unspecified atom stereocenters. The predicted octanol–water partition coefficient (Wildman–Crippen LogP) is 4.07. The maximum atomic E-state index is 12.9. The van der Waals surface area contributed by atoms with E-state index in [1.165, 1.54) is 12.1 Å². The van der Waals surface area contributed by atoms with Crippen molar-refractivity contribution in [3.63, 3.8) is 0 Å². The van der Waals surface area contributed by atoms with Gasteiger partial charge in [0.1, 0.15) is 5.82 Å². The number of hydrogen-bond donors (Lipinski definition) is 1. The molecular weight excluding hydrogens is 271 g/mol. The molecule has 1 N–H and O–H groups in total. The summed E-state index contributed by atoms with van der Waals surface area (Å²) in [5, 5.41) is 10.4. The van der Waals surface area contributed by atoms with Crippen LogP contribution in [0.1, 0.15) is 38.7 Å². The Hall–Kier alpha value is -0.410. The van der Waals surface area contributed by atoms with Crippen LogP contribution in [0.4, 0.5) is 4.39 Å². The predicted molar refractivity (Wildman–Crippen MR) is 68.0 cm³/mol. The van der Waals surface area contributed by atoms with E-state index < -0.39 is 5.60 Å². The second-order valence-corrected chi connectivity index (χ2v) is 5.09. The fraction of sp³-hybridized carbons (Fsp3) is 0.538. The van der Waals surface area contributed by atoms with Gasteiger partial charge in [0, 0.05) is 10.9 Å². The maximum Gasteiger partial charge on any atom is 0.124 e. The van der Waals surface area contributed by atoms with Crippen molar-refractivity contribution >= 4 is 15.9 Å². The van der Waals surface area contributed by atoms with Gasteiger partial charge in [0.25, 0.3) is 0 Å². The van der Waals surface area contributed by atoms with Gasteiger partial charge in [-0.25, -0.2) is 4.39 Å². The minimum Gasteiger partial charge on any atom is -0.390 e. The van der Waals surface area contributed by atoms with E-state index in [0.29, 0.717) is 12.8 Å². The van der Waals surface area contributed by atoms with Gasteiger partial charge in [-0.1, -0.05) is 42.3 Å². The van der Waals surface area contributed by atoms with E-state index in [1.807, 2.05) is 6.92 Å². The van der Waals surface area contributed by atoms with E-state index in [-0.39, 0.29) is 5.82 Å². The average Bonchev–Trinajstić information content (AvgIpc) is 2.23. The fourth-order valence-electron chi connectivity index (χ4n) is 1.88. The molecule has 1 aromatic rings. The van der Waals surface area contributed by atoms with Crippen molar-refractivity contribution in [1.29, 1.82) is 0 Å². The molecule has 0 spiro atoms. The lowest BCUT2D eigenvalue weighted by Crippen LogP contribution is -2.30. The van der Waals surface area contributed by atoms with Crippen molar-refractivity contribution in [2.24, 2.45) is 0 Å². The Balaban J connectivity index is 2.85. The molecule has 0 bridgehead atoms. The zero-order valence-electron chi connectivity index (χ0n) is 9.76. The van der Waals surface area contributed by atoms with E-state index in [9.17, 15) is 9.50 Å². The van der Waals surface area contributed by atoms with Crippen LogP contribution in [0.2, 0.25) is 0 Å². The third-order valence-corrected chi connectivity index (χ3v) is 3.65. The molecule has 1 nitrogen and oxygen atoms in total. The molecule has 0 aliphatic heterocycles. The quantitative estimate of drug-likeness (QED) is 0.866. The Kier molecular flexibility index (Phi) is 4.93. The van der Waals surface area contributed by atoms with Crippen LogP contribution >= 0.6 is 15.9 Å². The Morgan fingerprint density at radius 2 is 2.06 bits per heavy atom. The summed E-state index contributed by atoms with van der Waals surface area (Å²) >= 11 is 3.33. The van der Waals surface area contributed by atoms with E-state index in [1.54, 1.807) is 6.07 Å². The third kappa shape index (κ3) is 3.56. The van der Waals surface area contributed by atoms with Crippen molar-refractivity contribution in [3.05, 3.63) is 34.1 Å². The van der Waals surface area contributed by atoms with Gasteiger partial charge >= 0.3 is 0 Å². The summed E-state index contributed by atoms with van der Waals surface area (Å²) in [5.74, 6) is -0.258. The molecule has 0 heterocycles. The molecule has 0 saturated heterocycles. The lowest BCUT2D eigenvalue weighted by molar-refractivity contribution is 0.0269. The van der Waals surface area contributed by atoms with Crippen molar-refractivity contribution in [3.8, 4) is 0 Å². The molecule has 90 valence electrons. The van der Waals surface area contributed by atoms with Crippen LogP contribution in [0.5, 0.6) is 0 Å². The highest BCUT2D eigenvalue weighted by molar-refractivity contribution is 9.10. The molecule has 1 atom stereocenters. The number of aliphatic hydroxyl groups is 1. The number of hydrogen-bond acceptors (Lipinski definition) is 1. The Morgan fingerprint density at radius 1 is 1.38 bits per heavy atom. The molecule has 0 amide bonds. The lowest BCUT2D eigenvalue weighted by atomic mass is 9.88. The number of benzene rings is 1.